The Morgan fingerprint density at radius 1 is 0.241 bits per heavy atom. The average molecular weight is 1140 g/mol. The monoisotopic (exact) mass is 1140 g/mol. The molecule has 0 N–H and O–H groups in total. The Hall–Kier alpha value is -5.23. The zero-order chi connectivity index (χ0) is 59.9. The van der Waals surface area contributed by atoms with E-state index in [4.69, 9.17) is 14.2 Å². The first-order valence-corrected chi connectivity index (χ1v) is 33.6. The van der Waals surface area contributed by atoms with Crippen LogP contribution in [0.25, 0.3) is 0 Å². The van der Waals surface area contributed by atoms with Crippen molar-refractivity contribution in [2.75, 3.05) is 13.2 Å². The van der Waals surface area contributed by atoms with Crippen molar-refractivity contribution in [3.63, 3.8) is 0 Å². The Kier molecular flexibility index (Phi) is 64.9. The van der Waals surface area contributed by atoms with Gasteiger partial charge in [0.2, 0.25) is 0 Å². The number of hydrogen-bond acceptors (Lipinski definition) is 6. The summed E-state index contributed by atoms with van der Waals surface area (Å²) in [7, 11) is 0. The summed E-state index contributed by atoms with van der Waals surface area (Å²) >= 11 is 0. The molecule has 0 aromatic heterocycles. The predicted octanol–water partition coefficient (Wildman–Crippen LogP) is 23.4. The largest absolute Gasteiger partial charge is 0.462 e. The van der Waals surface area contributed by atoms with Gasteiger partial charge in [0, 0.05) is 19.3 Å². The number of ether oxygens (including phenoxy) is 3. The number of carbonyl (C=O) groups excluding carboxylic acids is 3. The molecule has 0 aromatic carbocycles. The topological polar surface area (TPSA) is 78.9 Å². The van der Waals surface area contributed by atoms with Crippen molar-refractivity contribution in [1.29, 1.82) is 0 Å². The molecule has 1 atom stereocenters. The van der Waals surface area contributed by atoms with Crippen molar-refractivity contribution < 1.29 is 28.6 Å². The number of esters is 3. The zero-order valence-corrected chi connectivity index (χ0v) is 53.4. The van der Waals surface area contributed by atoms with Crippen molar-refractivity contribution in [3.8, 4) is 0 Å². The van der Waals surface area contributed by atoms with Crippen LogP contribution >= 0.6 is 0 Å². The summed E-state index contributed by atoms with van der Waals surface area (Å²) < 4.78 is 16.9. The molecule has 83 heavy (non-hydrogen) atoms. The molecular formula is C77H122O6. The molecule has 0 aliphatic carbocycles. The van der Waals surface area contributed by atoms with Crippen molar-refractivity contribution in [1.82, 2.24) is 0 Å². The molecule has 0 saturated carbocycles. The lowest BCUT2D eigenvalue weighted by atomic mass is 10.1. The lowest BCUT2D eigenvalue weighted by molar-refractivity contribution is -0.167. The van der Waals surface area contributed by atoms with Crippen molar-refractivity contribution in [3.05, 3.63) is 170 Å². The summed E-state index contributed by atoms with van der Waals surface area (Å²) in [4.78, 5) is 38.5. The van der Waals surface area contributed by atoms with Crippen LogP contribution in [0.15, 0.2) is 170 Å². The van der Waals surface area contributed by atoms with Crippen LogP contribution in [-0.4, -0.2) is 37.2 Å². The third kappa shape index (κ3) is 67.4. The smallest absolute Gasteiger partial charge is 0.306 e. The van der Waals surface area contributed by atoms with Gasteiger partial charge in [-0.3, -0.25) is 14.4 Å². The number of carbonyl (C=O) groups is 3. The fourth-order valence-electron chi connectivity index (χ4n) is 8.78. The van der Waals surface area contributed by atoms with E-state index >= 15 is 0 Å². The van der Waals surface area contributed by atoms with E-state index in [2.05, 4.69) is 191 Å². The Labute approximate surface area is 511 Å². The van der Waals surface area contributed by atoms with E-state index in [-0.39, 0.29) is 31.1 Å². The first kappa shape index (κ1) is 77.8. The normalized spacial score (nSPS) is 13.2. The molecule has 0 radical (unpaired) electrons. The van der Waals surface area contributed by atoms with Crippen LogP contribution in [0.3, 0.4) is 0 Å². The van der Waals surface area contributed by atoms with E-state index in [9.17, 15) is 14.4 Å². The van der Waals surface area contributed by atoms with Crippen molar-refractivity contribution in [2.24, 2.45) is 0 Å². The lowest BCUT2D eigenvalue weighted by Crippen LogP contribution is -2.30. The molecule has 0 amide bonds. The Bertz CT molecular complexity index is 1890. The molecule has 0 rings (SSSR count). The fraction of sp³-hybridized carbons (Fsp3) is 0.597. The SMILES string of the molecule is CC/C=C\C/C=C\C/C=C\C/C=C\C/C=C\C/C=C\CCCCCCCCCCC(=O)OCC(COC(=O)CCCCCCCCC/C=C\C/C=C\C/C=C\CC)OC(=O)CCCCCCC/C=C\C/C=C\C/C=C\C/C=C\C/C=C\CC. The second-order valence-corrected chi connectivity index (χ2v) is 21.6. The number of unbranched alkanes of at least 4 members (excludes halogenated alkanes) is 20. The van der Waals surface area contributed by atoms with Crippen LogP contribution in [0.5, 0.6) is 0 Å². The van der Waals surface area contributed by atoms with Crippen molar-refractivity contribution >= 4 is 17.9 Å². The summed E-state index contributed by atoms with van der Waals surface area (Å²) in [5.74, 6) is -0.938. The molecular weight excluding hydrogens is 1020 g/mol. The van der Waals surface area contributed by atoms with Gasteiger partial charge in [-0.05, 0) is 148 Å². The minimum absolute atomic E-state index is 0.101. The van der Waals surface area contributed by atoms with E-state index in [1.54, 1.807) is 0 Å². The van der Waals surface area contributed by atoms with Crippen LogP contribution in [0, 0.1) is 0 Å². The van der Waals surface area contributed by atoms with Gasteiger partial charge in [-0.25, -0.2) is 0 Å². The first-order valence-electron chi connectivity index (χ1n) is 33.6. The summed E-state index contributed by atoms with van der Waals surface area (Å²) in [5, 5.41) is 0. The van der Waals surface area contributed by atoms with E-state index < -0.39 is 6.10 Å². The summed E-state index contributed by atoms with van der Waals surface area (Å²) in [6.07, 6.45) is 102. The molecule has 0 fully saturated rings. The molecule has 0 aliphatic heterocycles. The van der Waals surface area contributed by atoms with Crippen LogP contribution in [0.1, 0.15) is 278 Å². The van der Waals surface area contributed by atoms with Crippen molar-refractivity contribution in [2.45, 2.75) is 284 Å². The van der Waals surface area contributed by atoms with E-state index in [0.29, 0.717) is 19.3 Å². The van der Waals surface area contributed by atoms with Crippen LogP contribution < -0.4 is 0 Å². The molecule has 6 heteroatoms. The Morgan fingerprint density at radius 3 is 0.675 bits per heavy atom. The lowest BCUT2D eigenvalue weighted by Gasteiger charge is -2.18. The number of hydrogen-bond donors (Lipinski definition) is 0. The maximum Gasteiger partial charge on any atom is 0.306 e. The molecule has 0 aliphatic rings. The zero-order valence-electron chi connectivity index (χ0n) is 53.4. The highest BCUT2D eigenvalue weighted by atomic mass is 16.6. The predicted molar refractivity (Wildman–Crippen MR) is 361 cm³/mol. The molecule has 0 spiro atoms. The molecule has 0 saturated heterocycles. The molecule has 0 aromatic rings. The third-order valence-corrected chi connectivity index (χ3v) is 13.7. The molecule has 466 valence electrons. The fourth-order valence-corrected chi connectivity index (χ4v) is 8.78. The molecule has 6 nitrogen and oxygen atoms in total. The third-order valence-electron chi connectivity index (χ3n) is 13.7. The van der Waals surface area contributed by atoms with Crippen LogP contribution in [0.4, 0.5) is 0 Å². The van der Waals surface area contributed by atoms with Gasteiger partial charge in [0.1, 0.15) is 13.2 Å². The van der Waals surface area contributed by atoms with Gasteiger partial charge in [0.15, 0.2) is 6.10 Å². The highest BCUT2D eigenvalue weighted by Crippen LogP contribution is 2.15. The number of allylic oxidation sites excluding steroid dienone is 28. The summed E-state index contributed by atoms with van der Waals surface area (Å²) in [6.45, 7) is 6.28. The Morgan fingerprint density at radius 2 is 0.434 bits per heavy atom. The van der Waals surface area contributed by atoms with Crippen LogP contribution in [0.2, 0.25) is 0 Å². The molecule has 0 bridgehead atoms. The minimum atomic E-state index is -0.808. The van der Waals surface area contributed by atoms with E-state index in [1.165, 1.54) is 57.8 Å². The number of rotatable bonds is 59. The maximum atomic E-state index is 12.9. The highest BCUT2D eigenvalue weighted by Gasteiger charge is 2.19. The first-order chi connectivity index (χ1) is 41.0. The highest BCUT2D eigenvalue weighted by molar-refractivity contribution is 5.71. The average Bonchev–Trinajstić information content (AvgIpc) is 3.49. The van der Waals surface area contributed by atoms with E-state index in [0.717, 1.165) is 180 Å². The second kappa shape index (κ2) is 69.3. The van der Waals surface area contributed by atoms with Gasteiger partial charge in [-0.15, -0.1) is 0 Å². The van der Waals surface area contributed by atoms with Gasteiger partial charge >= 0.3 is 17.9 Å². The van der Waals surface area contributed by atoms with Gasteiger partial charge in [-0.1, -0.05) is 281 Å². The molecule has 1 unspecified atom stereocenters. The van der Waals surface area contributed by atoms with Gasteiger partial charge in [0.25, 0.3) is 0 Å². The minimum Gasteiger partial charge on any atom is -0.462 e. The van der Waals surface area contributed by atoms with Gasteiger partial charge < -0.3 is 14.2 Å². The molecule has 0 heterocycles. The second-order valence-electron chi connectivity index (χ2n) is 21.6. The standard InChI is InChI=1S/C77H122O6/c1-4-7-10-13-16-19-22-25-28-31-33-35-36-37-38-39-40-42-43-46-49-52-55-58-61-64-67-70-76(79)82-73-74(72-81-75(78)69-66-63-60-57-54-51-48-45-30-27-24-21-18-15-12-9-6-3)83-77(80)71-68-65-62-59-56-53-50-47-44-41-34-32-29-26-23-20-17-14-11-8-5-2/h7-12,16-21,25-30,33-35,37-38,40-42,47,50,74H,4-6,13-15,22-24,31-32,36,39,43-46,48-49,51-73H2,1-3H3/b10-7-,11-8-,12-9-,19-16-,20-17-,21-18-,28-25-,29-26-,30-27-,35-33-,38-37-,41-34-,42-40-,50-47-. The van der Waals surface area contributed by atoms with Gasteiger partial charge in [-0.2, -0.15) is 0 Å². The van der Waals surface area contributed by atoms with E-state index in [1.807, 2.05) is 0 Å². The van der Waals surface area contributed by atoms with Crippen LogP contribution in [-0.2, 0) is 28.6 Å². The summed E-state index contributed by atoms with van der Waals surface area (Å²) in [6, 6.07) is 0. The van der Waals surface area contributed by atoms with Gasteiger partial charge in [0.05, 0.1) is 0 Å². The maximum absolute atomic E-state index is 12.9. The quantitative estimate of drug-likeness (QED) is 0.0261. The summed E-state index contributed by atoms with van der Waals surface area (Å²) in [5.41, 5.74) is 0. The Balaban J connectivity index is 4.46.